The Labute approximate surface area is 160 Å². The minimum atomic E-state index is -0.395. The van der Waals surface area contributed by atoms with Crippen LogP contribution in [-0.4, -0.2) is 36.0 Å². The van der Waals surface area contributed by atoms with E-state index < -0.39 is 5.82 Å². The minimum absolute atomic E-state index is 0.0160. The SMILES string of the molecule is COc1cccc(OC(C)C)c1-c1ccc(F)c(CN[C@@H](CO)C(C)C)n1. The number of rotatable bonds is 9. The normalized spacial score (nSPS) is 12.5. The Hall–Kier alpha value is -2.18. The van der Waals surface area contributed by atoms with Crippen molar-refractivity contribution < 1.29 is 19.0 Å². The molecular weight excluding hydrogens is 347 g/mol. The number of hydrogen-bond acceptors (Lipinski definition) is 5. The number of methoxy groups -OCH3 is 1. The minimum Gasteiger partial charge on any atom is -0.496 e. The molecule has 5 nitrogen and oxygen atoms in total. The number of aliphatic hydroxyl groups excluding tert-OH is 1. The fraction of sp³-hybridized carbons (Fsp3) is 0.476. The van der Waals surface area contributed by atoms with Gasteiger partial charge in [-0.3, -0.25) is 0 Å². The van der Waals surface area contributed by atoms with Gasteiger partial charge < -0.3 is 19.9 Å². The first-order valence-corrected chi connectivity index (χ1v) is 9.21. The molecule has 0 unspecified atom stereocenters. The van der Waals surface area contributed by atoms with Crippen molar-refractivity contribution in [3.8, 4) is 22.8 Å². The molecule has 6 heteroatoms. The molecule has 0 spiro atoms. The third-order valence-corrected chi connectivity index (χ3v) is 4.28. The Balaban J connectivity index is 2.40. The second kappa shape index (κ2) is 9.67. The van der Waals surface area contributed by atoms with Crippen LogP contribution in [0.2, 0.25) is 0 Å². The summed E-state index contributed by atoms with van der Waals surface area (Å²) in [4.78, 5) is 4.51. The molecule has 1 aromatic heterocycles. The maximum absolute atomic E-state index is 14.3. The smallest absolute Gasteiger partial charge is 0.146 e. The highest BCUT2D eigenvalue weighted by Crippen LogP contribution is 2.38. The first-order valence-electron chi connectivity index (χ1n) is 9.21. The fourth-order valence-corrected chi connectivity index (χ4v) is 2.77. The van der Waals surface area contributed by atoms with E-state index in [1.54, 1.807) is 13.2 Å². The van der Waals surface area contributed by atoms with Crippen molar-refractivity contribution in [1.82, 2.24) is 10.3 Å². The number of halogens is 1. The number of pyridine rings is 1. The van der Waals surface area contributed by atoms with Crippen molar-refractivity contribution in [3.05, 3.63) is 41.8 Å². The van der Waals surface area contributed by atoms with Gasteiger partial charge in [-0.1, -0.05) is 19.9 Å². The largest absolute Gasteiger partial charge is 0.496 e. The lowest BCUT2D eigenvalue weighted by Gasteiger charge is -2.20. The molecule has 0 fully saturated rings. The molecule has 0 saturated carbocycles. The van der Waals surface area contributed by atoms with Crippen LogP contribution in [0.3, 0.4) is 0 Å². The van der Waals surface area contributed by atoms with Gasteiger partial charge in [0.1, 0.15) is 17.3 Å². The quantitative estimate of drug-likeness (QED) is 0.697. The third kappa shape index (κ3) is 5.40. The molecule has 0 aliphatic carbocycles. The summed E-state index contributed by atoms with van der Waals surface area (Å²) in [6, 6.07) is 8.42. The zero-order chi connectivity index (χ0) is 20.0. The Morgan fingerprint density at radius 2 is 1.81 bits per heavy atom. The van der Waals surface area contributed by atoms with Crippen molar-refractivity contribution in [3.63, 3.8) is 0 Å². The van der Waals surface area contributed by atoms with Gasteiger partial charge in [0, 0.05) is 12.6 Å². The molecule has 0 saturated heterocycles. The van der Waals surface area contributed by atoms with Gasteiger partial charge in [-0.2, -0.15) is 0 Å². The van der Waals surface area contributed by atoms with Crippen LogP contribution in [0.1, 0.15) is 33.4 Å². The summed E-state index contributed by atoms with van der Waals surface area (Å²) in [7, 11) is 1.58. The van der Waals surface area contributed by atoms with E-state index in [1.807, 2.05) is 45.9 Å². The molecule has 0 radical (unpaired) electrons. The Bertz CT molecular complexity index is 750. The lowest BCUT2D eigenvalue weighted by atomic mass is 10.1. The van der Waals surface area contributed by atoms with Gasteiger partial charge >= 0.3 is 0 Å². The highest BCUT2D eigenvalue weighted by Gasteiger charge is 2.18. The first-order chi connectivity index (χ1) is 12.9. The van der Waals surface area contributed by atoms with Gasteiger partial charge in [-0.15, -0.1) is 0 Å². The van der Waals surface area contributed by atoms with Crippen molar-refractivity contribution in [2.24, 2.45) is 5.92 Å². The highest BCUT2D eigenvalue weighted by molar-refractivity contribution is 5.74. The van der Waals surface area contributed by atoms with Crippen LogP contribution in [0.25, 0.3) is 11.3 Å². The zero-order valence-electron chi connectivity index (χ0n) is 16.6. The number of nitrogens with one attached hydrogen (secondary N) is 1. The average Bonchev–Trinajstić information content (AvgIpc) is 2.62. The number of aliphatic hydroxyl groups is 1. The highest BCUT2D eigenvalue weighted by atomic mass is 19.1. The van der Waals surface area contributed by atoms with E-state index in [0.29, 0.717) is 22.8 Å². The van der Waals surface area contributed by atoms with Crippen molar-refractivity contribution >= 4 is 0 Å². The van der Waals surface area contributed by atoms with Crippen molar-refractivity contribution in [1.29, 1.82) is 0 Å². The van der Waals surface area contributed by atoms with Crippen LogP contribution in [0.15, 0.2) is 30.3 Å². The lowest BCUT2D eigenvalue weighted by molar-refractivity contribution is 0.209. The molecule has 27 heavy (non-hydrogen) atoms. The molecule has 1 aromatic carbocycles. The molecule has 0 aliphatic heterocycles. The van der Waals surface area contributed by atoms with E-state index >= 15 is 0 Å². The van der Waals surface area contributed by atoms with Crippen molar-refractivity contribution in [2.45, 2.75) is 46.4 Å². The summed E-state index contributed by atoms with van der Waals surface area (Å²) >= 11 is 0. The van der Waals surface area contributed by atoms with E-state index in [1.165, 1.54) is 6.07 Å². The Morgan fingerprint density at radius 1 is 1.11 bits per heavy atom. The summed E-state index contributed by atoms with van der Waals surface area (Å²) in [6.45, 7) is 8.09. The van der Waals surface area contributed by atoms with Crippen LogP contribution in [-0.2, 0) is 6.54 Å². The number of hydrogen-bond donors (Lipinski definition) is 2. The molecular formula is C21H29FN2O3. The number of nitrogens with zero attached hydrogens (tertiary/aromatic N) is 1. The zero-order valence-corrected chi connectivity index (χ0v) is 16.6. The average molecular weight is 376 g/mol. The van der Waals surface area contributed by atoms with Gasteiger partial charge in [0.25, 0.3) is 0 Å². The predicted molar refractivity (Wildman–Crippen MR) is 104 cm³/mol. The number of aromatic nitrogens is 1. The van der Waals surface area contributed by atoms with E-state index in [0.717, 1.165) is 0 Å². The van der Waals surface area contributed by atoms with Crippen LogP contribution in [0.4, 0.5) is 4.39 Å². The fourth-order valence-electron chi connectivity index (χ4n) is 2.77. The molecule has 2 aromatic rings. The molecule has 148 valence electrons. The molecule has 1 atom stereocenters. The van der Waals surface area contributed by atoms with Gasteiger partial charge in [0.2, 0.25) is 0 Å². The first kappa shape index (κ1) is 21.1. The van der Waals surface area contributed by atoms with Gasteiger partial charge in [-0.25, -0.2) is 9.37 Å². The van der Waals surface area contributed by atoms with Gasteiger partial charge in [0.05, 0.1) is 36.8 Å². The Kier molecular flexibility index (Phi) is 7.56. The van der Waals surface area contributed by atoms with E-state index in [9.17, 15) is 9.50 Å². The lowest BCUT2D eigenvalue weighted by Crippen LogP contribution is -2.37. The number of ether oxygens (including phenoxy) is 2. The summed E-state index contributed by atoms with van der Waals surface area (Å²) in [5, 5.41) is 12.6. The molecule has 1 heterocycles. The predicted octanol–water partition coefficient (Wildman–Crippen LogP) is 3.79. The second-order valence-electron chi connectivity index (χ2n) is 7.04. The molecule has 2 N–H and O–H groups in total. The summed E-state index contributed by atoms with van der Waals surface area (Å²) in [6.07, 6.45) is -0.0196. The second-order valence-corrected chi connectivity index (χ2v) is 7.04. The Morgan fingerprint density at radius 3 is 2.41 bits per heavy atom. The molecule has 0 bridgehead atoms. The summed E-state index contributed by atoms with van der Waals surface area (Å²) in [5.41, 5.74) is 1.55. The molecule has 2 rings (SSSR count). The third-order valence-electron chi connectivity index (χ3n) is 4.28. The van der Waals surface area contributed by atoms with E-state index in [4.69, 9.17) is 9.47 Å². The standard InChI is InChI=1S/C21H29FN2O3/c1-13(2)18(12-25)23-11-17-15(22)9-10-16(24-17)21-19(26-5)7-6-8-20(21)27-14(3)4/h6-10,13-14,18,23,25H,11-12H2,1-5H3/t18-/m0/s1. The molecule has 0 amide bonds. The van der Waals surface area contributed by atoms with E-state index in [-0.39, 0.29) is 36.9 Å². The summed E-state index contributed by atoms with van der Waals surface area (Å²) < 4.78 is 25.7. The topological polar surface area (TPSA) is 63.6 Å². The van der Waals surface area contributed by atoms with E-state index in [2.05, 4.69) is 10.3 Å². The van der Waals surface area contributed by atoms with Crippen molar-refractivity contribution in [2.75, 3.05) is 13.7 Å². The monoisotopic (exact) mass is 376 g/mol. The molecule has 0 aliphatic rings. The van der Waals surface area contributed by atoms with Crippen LogP contribution >= 0.6 is 0 Å². The summed E-state index contributed by atoms with van der Waals surface area (Å²) in [5.74, 6) is 1.08. The van der Waals surface area contributed by atoms with Gasteiger partial charge in [-0.05, 0) is 44.0 Å². The van der Waals surface area contributed by atoms with Crippen LogP contribution < -0.4 is 14.8 Å². The van der Waals surface area contributed by atoms with Crippen LogP contribution in [0.5, 0.6) is 11.5 Å². The maximum Gasteiger partial charge on any atom is 0.146 e. The van der Waals surface area contributed by atoms with Crippen LogP contribution in [0, 0.1) is 11.7 Å². The maximum atomic E-state index is 14.3. The van der Waals surface area contributed by atoms with Gasteiger partial charge in [0.15, 0.2) is 0 Å². The number of benzene rings is 1.